The molecular formula is C12H13FO2. The minimum absolute atomic E-state index is 0.255. The first-order valence-corrected chi connectivity index (χ1v) is 4.52. The van der Waals surface area contributed by atoms with Crippen molar-refractivity contribution < 1.29 is 13.9 Å². The van der Waals surface area contributed by atoms with E-state index in [-0.39, 0.29) is 11.3 Å². The highest BCUT2D eigenvalue weighted by Crippen LogP contribution is 2.26. The van der Waals surface area contributed by atoms with Crippen LogP contribution in [-0.2, 0) is 0 Å². The van der Waals surface area contributed by atoms with Gasteiger partial charge in [-0.2, -0.15) is 0 Å². The Morgan fingerprint density at radius 1 is 1.47 bits per heavy atom. The van der Waals surface area contributed by atoms with E-state index in [0.717, 1.165) is 0 Å². The maximum absolute atomic E-state index is 13.3. The van der Waals surface area contributed by atoms with E-state index in [4.69, 9.17) is 4.74 Å². The number of carbonyl (C=O) groups excluding carboxylic acids is 1. The van der Waals surface area contributed by atoms with E-state index in [0.29, 0.717) is 16.9 Å². The molecule has 2 nitrogen and oxygen atoms in total. The summed E-state index contributed by atoms with van der Waals surface area (Å²) >= 11 is 0. The number of hydrogen-bond acceptors (Lipinski definition) is 2. The molecule has 0 aliphatic rings. The third-order valence-electron chi connectivity index (χ3n) is 2.20. The number of halogens is 1. The molecule has 0 heterocycles. The molecule has 0 aromatic heterocycles. The molecular weight excluding hydrogens is 195 g/mol. The number of ketones is 1. The lowest BCUT2D eigenvalue weighted by Gasteiger charge is -2.10. The van der Waals surface area contributed by atoms with Gasteiger partial charge in [-0.25, -0.2) is 4.39 Å². The van der Waals surface area contributed by atoms with E-state index < -0.39 is 5.82 Å². The van der Waals surface area contributed by atoms with Gasteiger partial charge in [-0.05, 0) is 37.1 Å². The van der Waals surface area contributed by atoms with Crippen LogP contribution >= 0.6 is 0 Å². The number of ether oxygens (including phenoxy) is 1. The van der Waals surface area contributed by atoms with Crippen LogP contribution in [0.5, 0.6) is 5.75 Å². The van der Waals surface area contributed by atoms with E-state index in [1.165, 1.54) is 19.2 Å². The molecule has 0 aliphatic carbocycles. The molecule has 3 heteroatoms. The van der Waals surface area contributed by atoms with Crippen molar-refractivity contribution in [3.63, 3.8) is 0 Å². The van der Waals surface area contributed by atoms with Gasteiger partial charge in [-0.3, -0.25) is 4.79 Å². The lowest BCUT2D eigenvalue weighted by atomic mass is 9.99. The molecule has 0 atom stereocenters. The highest BCUT2D eigenvalue weighted by Gasteiger charge is 2.18. The minimum atomic E-state index is -0.416. The Morgan fingerprint density at radius 2 is 2.07 bits per heavy atom. The number of rotatable bonds is 3. The van der Waals surface area contributed by atoms with Crippen LogP contribution < -0.4 is 4.74 Å². The van der Waals surface area contributed by atoms with Gasteiger partial charge in [0.15, 0.2) is 5.78 Å². The third kappa shape index (κ3) is 2.06. The largest absolute Gasteiger partial charge is 0.496 e. The number of hydrogen-bond donors (Lipinski definition) is 0. The zero-order valence-corrected chi connectivity index (χ0v) is 9.06. The molecule has 80 valence electrons. The lowest BCUT2D eigenvalue weighted by Crippen LogP contribution is -2.06. The Kier molecular flexibility index (Phi) is 3.24. The van der Waals surface area contributed by atoms with Crippen LogP contribution in [0.15, 0.2) is 24.3 Å². The second kappa shape index (κ2) is 4.26. The Balaban J connectivity index is 3.42. The summed E-state index contributed by atoms with van der Waals surface area (Å²) in [6.07, 6.45) is 0. The molecule has 0 aliphatic heterocycles. The summed E-state index contributed by atoms with van der Waals surface area (Å²) in [5.74, 6) is -0.328. The molecule has 15 heavy (non-hydrogen) atoms. The summed E-state index contributed by atoms with van der Waals surface area (Å²) in [6, 6.07) is 2.72. The summed E-state index contributed by atoms with van der Waals surface area (Å²) in [6.45, 7) is 6.69. The van der Waals surface area contributed by atoms with E-state index in [2.05, 4.69) is 6.58 Å². The Labute approximate surface area is 88.4 Å². The maximum atomic E-state index is 13.3. The molecule has 0 spiro atoms. The van der Waals surface area contributed by atoms with Crippen molar-refractivity contribution in [1.82, 2.24) is 0 Å². The fourth-order valence-electron chi connectivity index (χ4n) is 1.33. The number of Topliss-reactive ketones (excluding diaryl/α,β-unsaturated/α-hetero) is 1. The topological polar surface area (TPSA) is 26.3 Å². The first kappa shape index (κ1) is 11.4. The molecule has 1 aromatic rings. The van der Waals surface area contributed by atoms with Crippen LogP contribution in [0.2, 0.25) is 0 Å². The second-order valence-corrected chi connectivity index (χ2v) is 3.36. The van der Waals surface area contributed by atoms with Gasteiger partial charge in [-0.15, -0.1) is 0 Å². The fraction of sp³-hybridized carbons (Fsp3) is 0.250. The number of allylic oxidation sites excluding steroid dienone is 1. The van der Waals surface area contributed by atoms with Crippen molar-refractivity contribution in [2.24, 2.45) is 0 Å². The summed E-state index contributed by atoms with van der Waals surface area (Å²) in [4.78, 5) is 11.8. The van der Waals surface area contributed by atoms with Gasteiger partial charge >= 0.3 is 0 Å². The van der Waals surface area contributed by atoms with Gasteiger partial charge in [0, 0.05) is 0 Å². The van der Waals surface area contributed by atoms with Crippen LogP contribution in [0.25, 0.3) is 0 Å². The first-order chi connectivity index (χ1) is 6.99. The highest BCUT2D eigenvalue weighted by atomic mass is 19.1. The number of carbonyl (C=O) groups is 1. The second-order valence-electron chi connectivity index (χ2n) is 3.36. The summed E-state index contributed by atoms with van der Waals surface area (Å²) in [7, 11) is 1.45. The zero-order valence-electron chi connectivity index (χ0n) is 9.06. The maximum Gasteiger partial charge on any atom is 0.192 e. The first-order valence-electron chi connectivity index (χ1n) is 4.52. The molecule has 0 amide bonds. The highest BCUT2D eigenvalue weighted by molar-refractivity contribution is 6.10. The van der Waals surface area contributed by atoms with Crippen molar-refractivity contribution in [1.29, 1.82) is 0 Å². The van der Waals surface area contributed by atoms with Crippen molar-refractivity contribution >= 4 is 5.78 Å². The van der Waals surface area contributed by atoms with E-state index >= 15 is 0 Å². The molecule has 0 unspecified atom stereocenters. The SMILES string of the molecule is C=C(C)C(=O)c1c(OC)ccc(F)c1C. The van der Waals surface area contributed by atoms with E-state index in [1.54, 1.807) is 13.8 Å². The van der Waals surface area contributed by atoms with Crippen LogP contribution in [-0.4, -0.2) is 12.9 Å². The van der Waals surface area contributed by atoms with Crippen molar-refractivity contribution in [3.8, 4) is 5.75 Å². The van der Waals surface area contributed by atoms with Crippen LogP contribution in [0.4, 0.5) is 4.39 Å². The Morgan fingerprint density at radius 3 is 2.53 bits per heavy atom. The molecule has 0 radical (unpaired) electrons. The third-order valence-corrected chi connectivity index (χ3v) is 2.20. The predicted octanol–water partition coefficient (Wildman–Crippen LogP) is 2.90. The van der Waals surface area contributed by atoms with Crippen molar-refractivity contribution in [3.05, 3.63) is 41.2 Å². The zero-order chi connectivity index (χ0) is 11.6. The lowest BCUT2D eigenvalue weighted by molar-refractivity contribution is 0.103. The average molecular weight is 208 g/mol. The summed E-state index contributed by atoms with van der Waals surface area (Å²) in [5.41, 5.74) is 0.911. The molecule has 1 rings (SSSR count). The molecule has 0 saturated heterocycles. The predicted molar refractivity (Wildman–Crippen MR) is 56.8 cm³/mol. The molecule has 0 saturated carbocycles. The molecule has 0 fully saturated rings. The molecule has 1 aromatic carbocycles. The summed E-state index contributed by atoms with van der Waals surface area (Å²) < 4.78 is 18.3. The number of methoxy groups -OCH3 is 1. The quantitative estimate of drug-likeness (QED) is 0.564. The van der Waals surface area contributed by atoms with Gasteiger partial charge in [0.25, 0.3) is 0 Å². The standard InChI is InChI=1S/C12H13FO2/c1-7(2)12(14)11-8(3)9(13)5-6-10(11)15-4/h5-6H,1H2,2-4H3. The van der Waals surface area contributed by atoms with Crippen LogP contribution in [0.1, 0.15) is 22.8 Å². The van der Waals surface area contributed by atoms with Gasteiger partial charge < -0.3 is 4.74 Å². The molecule has 0 bridgehead atoms. The Hall–Kier alpha value is -1.64. The average Bonchev–Trinajstić information content (AvgIpc) is 2.20. The van der Waals surface area contributed by atoms with Crippen LogP contribution in [0.3, 0.4) is 0 Å². The number of benzene rings is 1. The van der Waals surface area contributed by atoms with E-state index in [9.17, 15) is 9.18 Å². The van der Waals surface area contributed by atoms with Gasteiger partial charge in [0.2, 0.25) is 0 Å². The smallest absolute Gasteiger partial charge is 0.192 e. The van der Waals surface area contributed by atoms with Crippen molar-refractivity contribution in [2.45, 2.75) is 13.8 Å². The van der Waals surface area contributed by atoms with Gasteiger partial charge in [0.1, 0.15) is 11.6 Å². The summed E-state index contributed by atoms with van der Waals surface area (Å²) in [5, 5.41) is 0. The fourth-order valence-corrected chi connectivity index (χ4v) is 1.33. The van der Waals surface area contributed by atoms with Gasteiger partial charge in [-0.1, -0.05) is 6.58 Å². The van der Waals surface area contributed by atoms with Gasteiger partial charge in [0.05, 0.1) is 12.7 Å². The normalized spacial score (nSPS) is 9.87. The van der Waals surface area contributed by atoms with Crippen molar-refractivity contribution in [2.75, 3.05) is 7.11 Å². The Bertz CT molecular complexity index is 422. The minimum Gasteiger partial charge on any atom is -0.496 e. The molecule has 0 N–H and O–H groups in total. The monoisotopic (exact) mass is 208 g/mol. The van der Waals surface area contributed by atoms with Crippen LogP contribution in [0, 0.1) is 12.7 Å². The van der Waals surface area contributed by atoms with E-state index in [1.807, 2.05) is 0 Å².